The number of methoxy groups -OCH3 is 1. The van der Waals surface area contributed by atoms with Crippen molar-refractivity contribution in [2.45, 2.75) is 0 Å². The SMILES string of the molecule is COC(=O)/C(F)=C/c1cccc([N+](=O)[O-])c1. The molecule has 0 heterocycles. The Labute approximate surface area is 90.3 Å². The Morgan fingerprint density at radius 2 is 2.25 bits per heavy atom. The number of hydrogen-bond donors (Lipinski definition) is 0. The summed E-state index contributed by atoms with van der Waals surface area (Å²) in [5.74, 6) is -2.23. The molecule has 0 radical (unpaired) electrons. The molecular formula is C10H8FNO4. The van der Waals surface area contributed by atoms with E-state index in [4.69, 9.17) is 0 Å². The number of benzene rings is 1. The van der Waals surface area contributed by atoms with Gasteiger partial charge in [-0.05, 0) is 11.6 Å². The predicted molar refractivity (Wildman–Crippen MR) is 54.2 cm³/mol. The van der Waals surface area contributed by atoms with E-state index >= 15 is 0 Å². The van der Waals surface area contributed by atoms with Gasteiger partial charge in [-0.15, -0.1) is 0 Å². The molecule has 0 fully saturated rings. The van der Waals surface area contributed by atoms with Crippen LogP contribution in [-0.4, -0.2) is 18.0 Å². The summed E-state index contributed by atoms with van der Waals surface area (Å²) in [7, 11) is 1.04. The number of ether oxygens (including phenoxy) is 1. The summed E-state index contributed by atoms with van der Waals surface area (Å²) < 4.78 is 17.2. The van der Waals surface area contributed by atoms with Crippen LogP contribution in [0.5, 0.6) is 0 Å². The summed E-state index contributed by atoms with van der Waals surface area (Å²) in [5.41, 5.74) is 0.0449. The summed E-state index contributed by atoms with van der Waals surface area (Å²) >= 11 is 0. The van der Waals surface area contributed by atoms with Crippen LogP contribution in [0.2, 0.25) is 0 Å². The maximum atomic E-state index is 13.0. The molecule has 0 spiro atoms. The largest absolute Gasteiger partial charge is 0.464 e. The fraction of sp³-hybridized carbons (Fsp3) is 0.100. The second-order valence-electron chi connectivity index (χ2n) is 2.84. The van der Waals surface area contributed by atoms with Crippen LogP contribution < -0.4 is 0 Å². The highest BCUT2D eigenvalue weighted by atomic mass is 19.1. The van der Waals surface area contributed by atoms with E-state index in [0.717, 1.165) is 19.3 Å². The van der Waals surface area contributed by atoms with Crippen molar-refractivity contribution in [3.05, 3.63) is 45.8 Å². The highest BCUT2D eigenvalue weighted by Crippen LogP contribution is 2.16. The number of rotatable bonds is 3. The number of carbonyl (C=O) groups is 1. The minimum absolute atomic E-state index is 0.175. The van der Waals surface area contributed by atoms with Gasteiger partial charge >= 0.3 is 5.97 Å². The lowest BCUT2D eigenvalue weighted by molar-refractivity contribution is -0.384. The Kier molecular flexibility index (Phi) is 3.71. The number of non-ortho nitro benzene ring substituents is 1. The van der Waals surface area contributed by atoms with E-state index < -0.39 is 16.7 Å². The first-order chi connectivity index (χ1) is 7.54. The van der Waals surface area contributed by atoms with Crippen molar-refractivity contribution in [3.63, 3.8) is 0 Å². The monoisotopic (exact) mass is 225 g/mol. The Bertz CT molecular complexity index is 456. The third-order valence-corrected chi connectivity index (χ3v) is 1.75. The first-order valence-corrected chi connectivity index (χ1v) is 4.24. The summed E-state index contributed by atoms with van der Waals surface area (Å²) in [4.78, 5) is 20.6. The van der Waals surface area contributed by atoms with Crippen LogP contribution in [-0.2, 0) is 9.53 Å². The molecule has 0 aliphatic carbocycles. The topological polar surface area (TPSA) is 69.4 Å². The van der Waals surface area contributed by atoms with Gasteiger partial charge in [0.2, 0.25) is 5.83 Å². The van der Waals surface area contributed by atoms with Gasteiger partial charge < -0.3 is 4.74 Å². The summed E-state index contributed by atoms with van der Waals surface area (Å²) in [6, 6.07) is 5.26. The number of esters is 1. The summed E-state index contributed by atoms with van der Waals surface area (Å²) in [6.45, 7) is 0. The van der Waals surface area contributed by atoms with Gasteiger partial charge in [-0.25, -0.2) is 4.79 Å². The molecule has 0 saturated carbocycles. The van der Waals surface area contributed by atoms with E-state index in [1.165, 1.54) is 18.2 Å². The number of carbonyl (C=O) groups excluding carboxylic acids is 1. The maximum absolute atomic E-state index is 13.0. The van der Waals surface area contributed by atoms with Crippen LogP contribution in [0.15, 0.2) is 30.1 Å². The second-order valence-corrected chi connectivity index (χ2v) is 2.84. The van der Waals surface area contributed by atoms with Gasteiger partial charge in [0.15, 0.2) is 0 Å². The minimum atomic E-state index is -1.12. The Hall–Kier alpha value is -2.24. The summed E-state index contributed by atoms with van der Waals surface area (Å²) in [5, 5.41) is 10.4. The van der Waals surface area contributed by atoms with Gasteiger partial charge in [0.25, 0.3) is 5.69 Å². The third kappa shape index (κ3) is 2.88. The lowest BCUT2D eigenvalue weighted by Crippen LogP contribution is -2.00. The van der Waals surface area contributed by atoms with Crippen molar-refractivity contribution in [3.8, 4) is 0 Å². The maximum Gasteiger partial charge on any atom is 0.366 e. The molecule has 0 N–H and O–H groups in total. The zero-order valence-electron chi connectivity index (χ0n) is 8.34. The van der Waals surface area contributed by atoms with E-state index in [9.17, 15) is 19.3 Å². The number of nitrogens with zero attached hydrogens (tertiary/aromatic N) is 1. The molecule has 0 unspecified atom stereocenters. The van der Waals surface area contributed by atoms with E-state index in [0.29, 0.717) is 0 Å². The van der Waals surface area contributed by atoms with Crippen molar-refractivity contribution >= 4 is 17.7 Å². The van der Waals surface area contributed by atoms with Crippen LogP contribution in [0, 0.1) is 10.1 Å². The van der Waals surface area contributed by atoms with Gasteiger partial charge in [-0.2, -0.15) is 4.39 Å². The molecule has 0 aliphatic rings. The van der Waals surface area contributed by atoms with Crippen molar-refractivity contribution in [1.82, 2.24) is 0 Å². The highest BCUT2D eigenvalue weighted by molar-refractivity contribution is 5.91. The molecule has 16 heavy (non-hydrogen) atoms. The zero-order chi connectivity index (χ0) is 12.1. The predicted octanol–water partition coefficient (Wildman–Crippen LogP) is 2.08. The highest BCUT2D eigenvalue weighted by Gasteiger charge is 2.09. The molecule has 0 atom stereocenters. The molecule has 0 bridgehead atoms. The zero-order valence-corrected chi connectivity index (χ0v) is 8.34. The number of nitro benzene ring substituents is 1. The average Bonchev–Trinajstić information content (AvgIpc) is 2.28. The number of halogens is 1. The Balaban J connectivity index is 3.02. The number of hydrogen-bond acceptors (Lipinski definition) is 4. The minimum Gasteiger partial charge on any atom is -0.464 e. The molecule has 1 aromatic carbocycles. The first kappa shape index (κ1) is 11.8. The molecular weight excluding hydrogens is 217 g/mol. The standard InChI is InChI=1S/C10H8FNO4/c1-16-10(13)9(11)6-7-3-2-4-8(5-7)12(14)15/h2-6H,1H3/b9-6-. The molecule has 0 aliphatic heterocycles. The van der Waals surface area contributed by atoms with Crippen LogP contribution >= 0.6 is 0 Å². The van der Waals surface area contributed by atoms with Gasteiger partial charge in [0, 0.05) is 12.1 Å². The molecule has 0 saturated heterocycles. The van der Waals surface area contributed by atoms with E-state index in [2.05, 4.69) is 4.74 Å². The quantitative estimate of drug-likeness (QED) is 0.342. The van der Waals surface area contributed by atoms with Crippen molar-refractivity contribution in [1.29, 1.82) is 0 Å². The molecule has 6 heteroatoms. The summed E-state index contributed by atoms with van der Waals surface area (Å²) in [6.07, 6.45) is 0.874. The van der Waals surface area contributed by atoms with Crippen LogP contribution in [0.4, 0.5) is 10.1 Å². The van der Waals surface area contributed by atoms with Gasteiger partial charge in [-0.3, -0.25) is 10.1 Å². The molecule has 1 rings (SSSR count). The second kappa shape index (κ2) is 5.01. The lowest BCUT2D eigenvalue weighted by Gasteiger charge is -1.96. The van der Waals surface area contributed by atoms with Crippen LogP contribution in [0.3, 0.4) is 0 Å². The molecule has 1 aromatic rings. The Morgan fingerprint density at radius 1 is 1.56 bits per heavy atom. The molecule has 84 valence electrons. The fourth-order valence-electron chi connectivity index (χ4n) is 1.03. The van der Waals surface area contributed by atoms with Gasteiger partial charge in [0.1, 0.15) is 0 Å². The average molecular weight is 225 g/mol. The number of nitro groups is 1. The fourth-order valence-corrected chi connectivity index (χ4v) is 1.03. The van der Waals surface area contributed by atoms with Crippen molar-refractivity contribution in [2.24, 2.45) is 0 Å². The van der Waals surface area contributed by atoms with Crippen LogP contribution in [0.1, 0.15) is 5.56 Å². The van der Waals surface area contributed by atoms with Gasteiger partial charge in [0.05, 0.1) is 12.0 Å². The van der Waals surface area contributed by atoms with E-state index in [1.54, 1.807) is 0 Å². The normalized spacial score (nSPS) is 11.0. The Morgan fingerprint density at radius 3 is 2.81 bits per heavy atom. The van der Waals surface area contributed by atoms with Gasteiger partial charge in [-0.1, -0.05) is 12.1 Å². The van der Waals surface area contributed by atoms with E-state index in [-0.39, 0.29) is 11.3 Å². The molecule has 0 amide bonds. The van der Waals surface area contributed by atoms with Crippen LogP contribution in [0.25, 0.3) is 6.08 Å². The smallest absolute Gasteiger partial charge is 0.366 e. The van der Waals surface area contributed by atoms with Crippen molar-refractivity contribution in [2.75, 3.05) is 7.11 Å². The molecule has 0 aromatic heterocycles. The molecule has 5 nitrogen and oxygen atoms in total. The van der Waals surface area contributed by atoms with E-state index in [1.807, 2.05) is 0 Å². The third-order valence-electron chi connectivity index (χ3n) is 1.75. The lowest BCUT2D eigenvalue weighted by atomic mass is 10.2. The first-order valence-electron chi connectivity index (χ1n) is 4.24. The van der Waals surface area contributed by atoms with Crippen molar-refractivity contribution < 1.29 is 18.8 Å².